The van der Waals surface area contributed by atoms with Gasteiger partial charge in [0.2, 0.25) is 0 Å². The van der Waals surface area contributed by atoms with Crippen LogP contribution in [0.15, 0.2) is 156 Å². The summed E-state index contributed by atoms with van der Waals surface area (Å²) in [5, 5.41) is 3.36. The largest absolute Gasteiger partial charge is 0.369 e. The summed E-state index contributed by atoms with van der Waals surface area (Å²) >= 11 is 10.4. The molecular weight excluding hydrogens is 1070 g/mol. The molecule has 0 aliphatic carbocycles. The van der Waals surface area contributed by atoms with Crippen molar-refractivity contribution in [2.45, 2.75) is 13.8 Å². The van der Waals surface area contributed by atoms with Gasteiger partial charge in [0.15, 0.2) is 17.5 Å². The van der Waals surface area contributed by atoms with Gasteiger partial charge in [-0.1, -0.05) is 48.1 Å². The zero-order valence-corrected chi connectivity index (χ0v) is 44.7. The topological polar surface area (TPSA) is 111 Å². The lowest BCUT2D eigenvalue weighted by atomic mass is 10.1. The van der Waals surface area contributed by atoms with Crippen LogP contribution in [0.25, 0.3) is 21.7 Å². The predicted octanol–water partition coefficient (Wildman–Crippen LogP) is 12.1. The van der Waals surface area contributed by atoms with Gasteiger partial charge in [-0.25, -0.2) is 29.9 Å². The van der Waals surface area contributed by atoms with Crippen LogP contribution in [0.3, 0.4) is 0 Å². The number of nitrogens with zero attached hydrogens (tertiary/aromatic N) is 11. The van der Waals surface area contributed by atoms with E-state index in [1.807, 2.05) is 180 Å². The van der Waals surface area contributed by atoms with Gasteiger partial charge in [0.25, 0.3) is 0 Å². The molecule has 14 heteroatoms. The monoisotopic (exact) mass is 1110 g/mol. The summed E-state index contributed by atoms with van der Waals surface area (Å²) in [7, 11) is 11.5. The third-order valence-electron chi connectivity index (χ3n) is 9.30. The Labute approximate surface area is 435 Å². The first-order valence-electron chi connectivity index (χ1n) is 21.6. The van der Waals surface area contributed by atoms with Crippen molar-refractivity contribution in [2.24, 2.45) is 15.0 Å². The van der Waals surface area contributed by atoms with Gasteiger partial charge in [-0.15, -0.1) is 0 Å². The Hall–Kier alpha value is -7.54. The van der Waals surface area contributed by atoms with Crippen molar-refractivity contribution in [3.63, 3.8) is 0 Å². The lowest BCUT2D eigenvalue weighted by molar-refractivity contribution is 0.643. The number of hydrogen-bond acceptors (Lipinski definition) is 8. The molecule has 0 fully saturated rings. The number of rotatable bonds is 6. The van der Waals surface area contributed by atoms with E-state index in [-0.39, 0.29) is 0 Å². The number of fused-ring (bicyclic) bond motifs is 2. The molecule has 5 aromatic heterocycles. The van der Waals surface area contributed by atoms with E-state index in [2.05, 4.69) is 141 Å². The van der Waals surface area contributed by atoms with Crippen LogP contribution < -0.4 is 0 Å². The number of hydrogen-bond donors (Lipinski definition) is 0. The zero-order chi connectivity index (χ0) is 50.0. The maximum atomic E-state index is 4.51. The van der Waals surface area contributed by atoms with Gasteiger partial charge >= 0.3 is 0 Å². The Morgan fingerprint density at radius 1 is 0.443 bits per heavy atom. The number of pyridine rings is 5. The molecule has 0 bridgehead atoms. The molecule has 3 aromatic carbocycles. The highest BCUT2D eigenvalue weighted by Gasteiger charge is 2.04. The van der Waals surface area contributed by atoms with Crippen molar-refractivity contribution in [1.29, 1.82) is 0 Å². The summed E-state index contributed by atoms with van der Waals surface area (Å²) in [6, 6.07) is 39.3. The lowest BCUT2D eigenvalue weighted by Crippen LogP contribution is -2.07. The van der Waals surface area contributed by atoms with Crippen LogP contribution in [0.2, 0.25) is 0 Å². The fourth-order valence-electron chi connectivity index (χ4n) is 5.93. The second-order valence-electron chi connectivity index (χ2n) is 15.9. The Bertz CT molecular complexity index is 3410. The third kappa shape index (κ3) is 16.3. The van der Waals surface area contributed by atoms with E-state index in [0.29, 0.717) is 34.5 Å². The molecule has 0 amide bonds. The van der Waals surface area contributed by atoms with Gasteiger partial charge in [0.05, 0.1) is 38.0 Å². The molecule has 0 unspecified atom stereocenters. The Kier molecular flexibility index (Phi) is 19.0. The SMILES string of the molecule is CN(C)C=Nc1ccc(Br)c(C#Cc2ccccc2)n1.Cc1ccc2cc(C#Cc3nc(N=CN(C)C)ccc3Br)ccc2n1.Cc1nccc2cc(C#Cc3nc(N=CN(C)C)ccc3Br)ccc12. The summed E-state index contributed by atoms with van der Waals surface area (Å²) in [5.74, 6) is 20.6. The average Bonchev–Trinajstić information content (AvgIpc) is 3.35. The molecule has 70 heavy (non-hydrogen) atoms. The molecule has 8 rings (SSSR count). The number of halogens is 3. The lowest BCUT2D eigenvalue weighted by Gasteiger charge is -2.03. The fraction of sp³-hybridized carbons (Fsp3) is 0.143. The van der Waals surface area contributed by atoms with Crippen LogP contribution in [0.1, 0.15) is 45.2 Å². The number of aliphatic imine (C=N–C) groups is 3. The summed E-state index contributed by atoms with van der Waals surface area (Å²) in [5.41, 5.74) is 7.84. The molecular formula is C56H48Br3N11. The minimum atomic E-state index is 0.624. The molecule has 0 atom stereocenters. The Morgan fingerprint density at radius 2 is 0.900 bits per heavy atom. The molecule has 0 aliphatic heterocycles. The molecule has 0 N–H and O–H groups in total. The summed E-state index contributed by atoms with van der Waals surface area (Å²) in [6.07, 6.45) is 6.96. The number of aryl methyl sites for hydroxylation is 2. The molecule has 11 nitrogen and oxygen atoms in total. The van der Waals surface area contributed by atoms with Gasteiger partial charge in [0.1, 0.15) is 17.1 Å². The highest BCUT2D eigenvalue weighted by atomic mass is 79.9. The molecule has 0 radical (unpaired) electrons. The minimum Gasteiger partial charge on any atom is -0.369 e. The van der Waals surface area contributed by atoms with E-state index in [0.717, 1.165) is 63.2 Å². The maximum Gasteiger partial charge on any atom is 0.155 e. The molecule has 0 spiro atoms. The Morgan fingerprint density at radius 3 is 1.39 bits per heavy atom. The molecule has 0 saturated carbocycles. The predicted molar refractivity (Wildman–Crippen MR) is 299 cm³/mol. The van der Waals surface area contributed by atoms with Crippen LogP contribution in [0.4, 0.5) is 17.5 Å². The van der Waals surface area contributed by atoms with Gasteiger partial charge in [-0.2, -0.15) is 0 Å². The minimum absolute atomic E-state index is 0.624. The van der Waals surface area contributed by atoms with Crippen molar-refractivity contribution in [3.05, 3.63) is 186 Å². The van der Waals surface area contributed by atoms with Crippen LogP contribution >= 0.6 is 47.8 Å². The van der Waals surface area contributed by atoms with Crippen LogP contribution in [-0.2, 0) is 0 Å². The van der Waals surface area contributed by atoms with E-state index >= 15 is 0 Å². The van der Waals surface area contributed by atoms with Crippen molar-refractivity contribution in [2.75, 3.05) is 42.3 Å². The van der Waals surface area contributed by atoms with E-state index in [1.54, 1.807) is 19.0 Å². The van der Waals surface area contributed by atoms with Crippen molar-refractivity contribution in [1.82, 2.24) is 39.6 Å². The van der Waals surface area contributed by atoms with Gasteiger partial charge in [-0.3, -0.25) is 9.97 Å². The molecule has 348 valence electrons. The average molecular weight is 1110 g/mol. The first-order valence-corrected chi connectivity index (χ1v) is 24.0. The highest BCUT2D eigenvalue weighted by Crippen LogP contribution is 2.22. The van der Waals surface area contributed by atoms with Crippen LogP contribution in [-0.4, -0.2) is 101 Å². The third-order valence-corrected chi connectivity index (χ3v) is 11.2. The fourth-order valence-corrected chi connectivity index (χ4v) is 6.89. The first kappa shape index (κ1) is 51.8. The number of aromatic nitrogens is 5. The van der Waals surface area contributed by atoms with E-state index in [4.69, 9.17) is 0 Å². The van der Waals surface area contributed by atoms with E-state index in [9.17, 15) is 0 Å². The van der Waals surface area contributed by atoms with Crippen molar-refractivity contribution in [3.8, 4) is 35.5 Å². The van der Waals surface area contributed by atoms with Gasteiger partial charge in [-0.05, 0) is 176 Å². The second kappa shape index (κ2) is 25.7. The second-order valence-corrected chi connectivity index (χ2v) is 18.5. The molecule has 5 heterocycles. The molecule has 8 aromatic rings. The van der Waals surface area contributed by atoms with Crippen molar-refractivity contribution < 1.29 is 0 Å². The summed E-state index contributed by atoms with van der Waals surface area (Å²) in [4.78, 5) is 40.6. The van der Waals surface area contributed by atoms with Crippen LogP contribution in [0.5, 0.6) is 0 Å². The van der Waals surface area contributed by atoms with Gasteiger partial charge in [0, 0.05) is 87.3 Å². The normalized spacial score (nSPS) is 10.6. The first-order chi connectivity index (χ1) is 33.7. The number of benzene rings is 3. The molecule has 0 aliphatic rings. The Balaban J connectivity index is 0.000000174. The summed E-state index contributed by atoms with van der Waals surface area (Å²) in [6.45, 7) is 4.00. The van der Waals surface area contributed by atoms with Crippen molar-refractivity contribution >= 4 is 106 Å². The molecule has 0 saturated heterocycles. The smallest absolute Gasteiger partial charge is 0.155 e. The van der Waals surface area contributed by atoms with Gasteiger partial charge < -0.3 is 14.7 Å². The van der Waals surface area contributed by atoms with Crippen LogP contribution in [0, 0.1) is 49.4 Å². The highest BCUT2D eigenvalue weighted by molar-refractivity contribution is 9.11. The standard InChI is InChI=1S/2C20H17BrN4.C16H14BrN3/c1-14-4-7-16-12-15(5-9-18(16)23-14)6-10-19-17(21)8-11-20(24-19)22-13-25(2)3;1-14-17-6-4-15(12-16(17)10-11-22-14)5-8-19-18(21)7-9-20(24-19)23-13-25(2)3;1-20(2)12-18-16-11-9-14(17)15(19-16)10-8-13-6-4-3-5-7-13/h4-5,7-9,11-13H,1-3H3;4,6-7,9-13H,1-3H3;3-7,9,11-12H,1-2H3. The maximum absolute atomic E-state index is 4.51. The zero-order valence-electron chi connectivity index (χ0n) is 39.9. The summed E-state index contributed by atoms with van der Waals surface area (Å²) < 4.78 is 2.57. The quantitative estimate of drug-likeness (QED) is 0.0920. The van der Waals surface area contributed by atoms with E-state index in [1.165, 1.54) is 0 Å². The van der Waals surface area contributed by atoms with E-state index < -0.39 is 0 Å².